The van der Waals surface area contributed by atoms with Crippen molar-refractivity contribution in [3.8, 4) is 11.5 Å². The Morgan fingerprint density at radius 1 is 1.04 bits per heavy atom. The van der Waals surface area contributed by atoms with Gasteiger partial charge < -0.3 is 9.73 Å². The fourth-order valence-electron chi connectivity index (χ4n) is 3.02. The third-order valence-electron chi connectivity index (χ3n) is 4.44. The van der Waals surface area contributed by atoms with Crippen LogP contribution in [0.3, 0.4) is 0 Å². The van der Waals surface area contributed by atoms with Gasteiger partial charge in [0.25, 0.3) is 0 Å². The van der Waals surface area contributed by atoms with Crippen LogP contribution < -0.4 is 5.32 Å². The zero-order valence-corrected chi connectivity index (χ0v) is 13.8. The Morgan fingerprint density at radius 2 is 1.72 bits per heavy atom. The Hall–Kier alpha value is -2.95. The molecule has 1 amide bonds. The maximum absolute atomic E-state index is 12.7. The third-order valence-corrected chi connectivity index (χ3v) is 4.44. The molecule has 1 saturated carbocycles. The lowest BCUT2D eigenvalue weighted by molar-refractivity contribution is -0.123. The first-order valence-corrected chi connectivity index (χ1v) is 8.52. The maximum atomic E-state index is 12.7. The maximum Gasteiger partial charge on any atom is 0.247 e. The van der Waals surface area contributed by atoms with Gasteiger partial charge in [-0.15, -0.1) is 10.2 Å². The summed E-state index contributed by atoms with van der Waals surface area (Å²) in [4.78, 5) is 12.7. The first-order chi connectivity index (χ1) is 12.3. The molecule has 1 unspecified atom stereocenters. The van der Waals surface area contributed by atoms with Gasteiger partial charge in [-0.1, -0.05) is 48.5 Å². The Bertz CT molecular complexity index is 842. The molecule has 25 heavy (non-hydrogen) atoms. The predicted molar refractivity (Wildman–Crippen MR) is 93.5 cm³/mol. The van der Waals surface area contributed by atoms with Crippen LogP contribution in [0.15, 0.2) is 65.1 Å². The summed E-state index contributed by atoms with van der Waals surface area (Å²) in [6, 6.07) is 19.5. The standard InChI is InChI=1S/C20H19N3O2/c24-19(18(15-11-12-15)14-7-3-1-4-8-14)21-13-17-22-23-20(25-17)16-9-5-2-6-10-16/h1-10,15,18H,11-13H2,(H,21,24). The van der Waals surface area contributed by atoms with Crippen LogP contribution in [0, 0.1) is 5.92 Å². The molecule has 0 bridgehead atoms. The lowest BCUT2D eigenvalue weighted by Gasteiger charge is -2.15. The van der Waals surface area contributed by atoms with E-state index in [4.69, 9.17) is 4.42 Å². The highest BCUT2D eigenvalue weighted by Crippen LogP contribution is 2.42. The van der Waals surface area contributed by atoms with Crippen LogP contribution >= 0.6 is 0 Å². The molecule has 1 heterocycles. The first-order valence-electron chi connectivity index (χ1n) is 8.52. The number of carbonyl (C=O) groups excluding carboxylic acids is 1. The van der Waals surface area contributed by atoms with E-state index < -0.39 is 0 Å². The van der Waals surface area contributed by atoms with E-state index >= 15 is 0 Å². The second-order valence-electron chi connectivity index (χ2n) is 6.31. The molecule has 1 atom stereocenters. The number of hydrogen-bond donors (Lipinski definition) is 1. The average molecular weight is 333 g/mol. The minimum absolute atomic E-state index is 0.0214. The van der Waals surface area contributed by atoms with Crippen LogP contribution in [0.2, 0.25) is 0 Å². The molecule has 5 nitrogen and oxygen atoms in total. The summed E-state index contributed by atoms with van der Waals surface area (Å²) < 4.78 is 5.64. The van der Waals surface area contributed by atoms with Crippen LogP contribution in [0.25, 0.3) is 11.5 Å². The predicted octanol–water partition coefficient (Wildman–Crippen LogP) is 3.55. The summed E-state index contributed by atoms with van der Waals surface area (Å²) >= 11 is 0. The lowest BCUT2D eigenvalue weighted by atomic mass is 9.93. The summed E-state index contributed by atoms with van der Waals surface area (Å²) in [5, 5.41) is 11.0. The van der Waals surface area contributed by atoms with Crippen LogP contribution in [-0.4, -0.2) is 16.1 Å². The first kappa shape index (κ1) is 15.6. The number of aromatic nitrogens is 2. The summed E-state index contributed by atoms with van der Waals surface area (Å²) in [6.07, 6.45) is 2.21. The fourth-order valence-corrected chi connectivity index (χ4v) is 3.02. The monoisotopic (exact) mass is 333 g/mol. The summed E-state index contributed by atoms with van der Waals surface area (Å²) in [5.41, 5.74) is 1.94. The number of nitrogens with zero attached hydrogens (tertiary/aromatic N) is 2. The molecule has 1 fully saturated rings. The molecule has 1 aliphatic carbocycles. The smallest absolute Gasteiger partial charge is 0.247 e. The molecule has 0 radical (unpaired) electrons. The molecule has 0 spiro atoms. The van der Waals surface area contributed by atoms with E-state index in [1.54, 1.807) is 0 Å². The number of carbonyl (C=O) groups is 1. The van der Waals surface area contributed by atoms with Gasteiger partial charge >= 0.3 is 0 Å². The molecule has 1 aromatic heterocycles. The molecular weight excluding hydrogens is 314 g/mol. The minimum Gasteiger partial charge on any atom is -0.419 e. The number of amides is 1. The van der Waals surface area contributed by atoms with Gasteiger partial charge in [0.1, 0.15) is 0 Å². The molecule has 0 saturated heterocycles. The lowest BCUT2D eigenvalue weighted by Crippen LogP contribution is -2.30. The van der Waals surface area contributed by atoms with Crippen molar-refractivity contribution in [3.63, 3.8) is 0 Å². The van der Waals surface area contributed by atoms with Crippen molar-refractivity contribution in [2.24, 2.45) is 5.92 Å². The highest BCUT2D eigenvalue weighted by molar-refractivity contribution is 5.84. The summed E-state index contributed by atoms with van der Waals surface area (Å²) in [5.74, 6) is 1.23. The van der Waals surface area contributed by atoms with Crippen molar-refractivity contribution in [2.45, 2.75) is 25.3 Å². The van der Waals surface area contributed by atoms with Gasteiger partial charge in [0.2, 0.25) is 17.7 Å². The molecule has 2 aromatic carbocycles. The van der Waals surface area contributed by atoms with Crippen molar-refractivity contribution >= 4 is 5.91 Å². The van der Waals surface area contributed by atoms with Crippen molar-refractivity contribution in [2.75, 3.05) is 0 Å². The zero-order valence-electron chi connectivity index (χ0n) is 13.8. The van der Waals surface area contributed by atoms with Crippen molar-refractivity contribution < 1.29 is 9.21 Å². The number of rotatable bonds is 6. The van der Waals surface area contributed by atoms with Gasteiger partial charge in [0.15, 0.2) is 0 Å². The summed E-state index contributed by atoms with van der Waals surface area (Å²) in [7, 11) is 0. The van der Waals surface area contributed by atoms with Gasteiger partial charge in [-0.2, -0.15) is 0 Å². The molecule has 5 heteroatoms. The Labute approximate surface area is 146 Å². The van der Waals surface area contributed by atoms with Crippen LogP contribution in [0.4, 0.5) is 0 Å². The molecule has 0 aliphatic heterocycles. The number of benzene rings is 2. The van der Waals surface area contributed by atoms with Crippen LogP contribution in [-0.2, 0) is 11.3 Å². The van der Waals surface area contributed by atoms with Crippen molar-refractivity contribution in [3.05, 3.63) is 72.1 Å². The van der Waals surface area contributed by atoms with Gasteiger partial charge in [-0.3, -0.25) is 4.79 Å². The summed E-state index contributed by atoms with van der Waals surface area (Å²) in [6.45, 7) is 0.245. The Balaban J connectivity index is 1.42. The van der Waals surface area contributed by atoms with E-state index in [1.807, 2.05) is 60.7 Å². The topological polar surface area (TPSA) is 68.0 Å². The van der Waals surface area contributed by atoms with Gasteiger partial charge in [0, 0.05) is 5.56 Å². The van der Waals surface area contributed by atoms with Crippen molar-refractivity contribution in [1.29, 1.82) is 0 Å². The Morgan fingerprint density at radius 3 is 2.40 bits per heavy atom. The normalized spacial score (nSPS) is 14.9. The molecule has 3 aromatic rings. The van der Waals surface area contributed by atoms with E-state index in [0.29, 0.717) is 17.7 Å². The van der Waals surface area contributed by atoms with Crippen LogP contribution in [0.1, 0.15) is 30.2 Å². The van der Waals surface area contributed by atoms with Crippen LogP contribution in [0.5, 0.6) is 0 Å². The fraction of sp³-hybridized carbons (Fsp3) is 0.250. The number of nitrogens with one attached hydrogen (secondary N) is 1. The molecule has 4 rings (SSSR count). The van der Waals surface area contributed by atoms with Gasteiger partial charge in [-0.05, 0) is 36.5 Å². The number of hydrogen-bond acceptors (Lipinski definition) is 4. The largest absolute Gasteiger partial charge is 0.419 e. The SMILES string of the molecule is O=C(NCc1nnc(-c2ccccc2)o1)C(c1ccccc1)C1CC1. The third kappa shape index (κ3) is 3.60. The molecule has 1 N–H and O–H groups in total. The second-order valence-corrected chi connectivity index (χ2v) is 6.31. The minimum atomic E-state index is -0.0993. The van der Waals surface area contributed by atoms with Crippen molar-refractivity contribution in [1.82, 2.24) is 15.5 Å². The average Bonchev–Trinajstić information content (AvgIpc) is 3.37. The zero-order chi connectivity index (χ0) is 17.1. The quantitative estimate of drug-likeness (QED) is 0.749. The van der Waals surface area contributed by atoms with E-state index in [9.17, 15) is 4.79 Å². The highest BCUT2D eigenvalue weighted by atomic mass is 16.4. The molecular formula is C20H19N3O2. The van der Waals surface area contributed by atoms with Gasteiger partial charge in [-0.25, -0.2) is 0 Å². The molecule has 126 valence electrons. The van der Waals surface area contributed by atoms with Gasteiger partial charge in [0.05, 0.1) is 12.5 Å². The second kappa shape index (κ2) is 6.89. The highest BCUT2D eigenvalue weighted by Gasteiger charge is 2.37. The van der Waals surface area contributed by atoms with E-state index in [1.165, 1.54) is 0 Å². The Kier molecular flexibility index (Phi) is 4.29. The van der Waals surface area contributed by atoms with E-state index in [0.717, 1.165) is 24.0 Å². The molecule has 1 aliphatic rings. The van der Waals surface area contributed by atoms with E-state index in [2.05, 4.69) is 15.5 Å². The van der Waals surface area contributed by atoms with E-state index in [-0.39, 0.29) is 18.4 Å².